The van der Waals surface area contributed by atoms with Crippen molar-refractivity contribution < 1.29 is 14.4 Å². The third-order valence-electron chi connectivity index (χ3n) is 12.9. The van der Waals surface area contributed by atoms with Crippen LogP contribution >= 0.6 is 0 Å². The molecule has 3 saturated heterocycles. The van der Waals surface area contributed by atoms with Crippen LogP contribution in [0.2, 0.25) is 0 Å². The van der Waals surface area contributed by atoms with Crippen LogP contribution in [0.1, 0.15) is 86.3 Å². The first-order chi connectivity index (χ1) is 28.3. The number of nitrogens with one attached hydrogen (secondary N) is 2. The molecule has 1 aromatic carbocycles. The number of anilines is 4. The second kappa shape index (κ2) is 17.8. The number of piperidine rings is 1. The van der Waals surface area contributed by atoms with Crippen LogP contribution in [-0.4, -0.2) is 131 Å². The van der Waals surface area contributed by atoms with E-state index in [9.17, 15) is 14.4 Å². The Kier molecular flexibility index (Phi) is 12.2. The fraction of sp³-hybridized carbons (Fsp3) is 0.545. The smallest absolute Gasteiger partial charge is 0.270 e. The number of likely N-dealkylation sites (tertiary alicyclic amines) is 1. The second-order valence-corrected chi connectivity index (χ2v) is 16.9. The molecule has 1 unspecified atom stereocenters. The van der Waals surface area contributed by atoms with E-state index in [0.717, 1.165) is 120 Å². The number of carbonyl (C=O) groups is 3. The molecule has 14 heteroatoms. The van der Waals surface area contributed by atoms with Crippen LogP contribution in [0, 0.1) is 5.92 Å². The fourth-order valence-electron chi connectivity index (χ4n) is 9.64. The lowest BCUT2D eigenvalue weighted by atomic mass is 9.92. The lowest BCUT2D eigenvalue weighted by molar-refractivity contribution is -0.126. The van der Waals surface area contributed by atoms with Gasteiger partial charge in [0.05, 0.1) is 17.8 Å². The molecule has 4 fully saturated rings. The minimum atomic E-state index is -0.290. The maximum Gasteiger partial charge on any atom is 0.270 e. The molecule has 14 nitrogen and oxygen atoms in total. The van der Waals surface area contributed by atoms with Gasteiger partial charge in [-0.1, -0.05) is 38.3 Å². The van der Waals surface area contributed by atoms with E-state index in [0.29, 0.717) is 35.8 Å². The van der Waals surface area contributed by atoms with Crippen molar-refractivity contribution in [3.05, 3.63) is 66.1 Å². The maximum atomic E-state index is 13.1. The van der Waals surface area contributed by atoms with Crippen molar-refractivity contribution in [2.75, 3.05) is 88.1 Å². The van der Waals surface area contributed by atoms with Crippen molar-refractivity contribution in [3.63, 3.8) is 0 Å². The van der Waals surface area contributed by atoms with Crippen LogP contribution in [0.3, 0.4) is 0 Å². The molecule has 0 radical (unpaired) electrons. The van der Waals surface area contributed by atoms with Gasteiger partial charge in [-0.2, -0.15) is 4.98 Å². The van der Waals surface area contributed by atoms with Crippen LogP contribution in [0.25, 0.3) is 11.0 Å². The summed E-state index contributed by atoms with van der Waals surface area (Å²) in [4.78, 5) is 62.4. The summed E-state index contributed by atoms with van der Waals surface area (Å²) in [6.07, 6.45) is 12.7. The van der Waals surface area contributed by atoms with Gasteiger partial charge < -0.3 is 29.5 Å². The van der Waals surface area contributed by atoms with E-state index >= 15 is 0 Å². The minimum absolute atomic E-state index is 0.0130. The normalized spacial score (nSPS) is 19.3. The van der Waals surface area contributed by atoms with Crippen LogP contribution in [0.5, 0.6) is 0 Å². The summed E-state index contributed by atoms with van der Waals surface area (Å²) in [7, 11) is 3.58. The predicted molar refractivity (Wildman–Crippen MR) is 228 cm³/mol. The van der Waals surface area contributed by atoms with Gasteiger partial charge >= 0.3 is 0 Å². The Bertz CT molecular complexity index is 2020. The van der Waals surface area contributed by atoms with Crippen LogP contribution in [0.15, 0.2) is 54.9 Å². The van der Waals surface area contributed by atoms with Gasteiger partial charge in [0.25, 0.3) is 5.91 Å². The van der Waals surface area contributed by atoms with Crippen molar-refractivity contribution in [1.29, 1.82) is 0 Å². The molecule has 0 bridgehead atoms. The molecule has 3 amide bonds. The third-order valence-corrected chi connectivity index (χ3v) is 12.9. The summed E-state index contributed by atoms with van der Waals surface area (Å²) >= 11 is 0. The number of hydrogen-bond donors (Lipinski definition) is 2. The Balaban J connectivity index is 0.775. The first-order valence-electron chi connectivity index (χ1n) is 21.4. The van der Waals surface area contributed by atoms with E-state index in [4.69, 9.17) is 9.97 Å². The van der Waals surface area contributed by atoms with Gasteiger partial charge in [-0.05, 0) is 81.1 Å². The van der Waals surface area contributed by atoms with Crippen molar-refractivity contribution in [1.82, 2.24) is 39.5 Å². The Labute approximate surface area is 342 Å². The molecule has 4 aliphatic rings. The Hall–Kier alpha value is -5.08. The Morgan fingerprint density at radius 2 is 1.59 bits per heavy atom. The van der Waals surface area contributed by atoms with E-state index in [2.05, 4.69) is 64.9 Å². The van der Waals surface area contributed by atoms with Crippen LogP contribution in [-0.2, 0) is 9.59 Å². The van der Waals surface area contributed by atoms with Gasteiger partial charge in [-0.15, -0.1) is 0 Å². The largest absolute Gasteiger partial charge is 0.371 e. The second-order valence-electron chi connectivity index (χ2n) is 16.9. The van der Waals surface area contributed by atoms with E-state index in [1.165, 1.54) is 18.5 Å². The first kappa shape index (κ1) is 39.7. The highest BCUT2D eigenvalue weighted by molar-refractivity contribution is 5.98. The van der Waals surface area contributed by atoms with E-state index in [1.54, 1.807) is 25.2 Å². The molecule has 6 heterocycles. The van der Waals surface area contributed by atoms with Gasteiger partial charge in [-0.3, -0.25) is 24.6 Å². The van der Waals surface area contributed by atoms with Gasteiger partial charge in [0, 0.05) is 95.2 Å². The summed E-state index contributed by atoms with van der Waals surface area (Å²) in [5.74, 6) is 1.33. The summed E-state index contributed by atoms with van der Waals surface area (Å²) in [5, 5.41) is 6.51. The number of benzene rings is 1. The van der Waals surface area contributed by atoms with Crippen molar-refractivity contribution in [2.45, 2.75) is 76.3 Å². The first-order valence-corrected chi connectivity index (χ1v) is 21.4. The lowest BCUT2D eigenvalue weighted by Crippen LogP contribution is -2.55. The quantitative estimate of drug-likeness (QED) is 0.162. The SMILES string of the molecule is CCCC(C(=O)NC=O)c1ccc(N2CC(CN3CCC(N4CCN(c5ccc(Nc6ncc7cc(C(=O)N(C)C)n(C8CCCC8)c7n6)nc5)CC4)CC3)C2)cc1. The molecular formula is C44H59N11O3. The van der Waals surface area contributed by atoms with Crippen LogP contribution < -0.4 is 20.4 Å². The molecule has 8 rings (SSSR count). The Morgan fingerprint density at radius 3 is 2.24 bits per heavy atom. The zero-order valence-corrected chi connectivity index (χ0v) is 34.4. The number of piperazine rings is 1. The fourth-order valence-corrected chi connectivity index (χ4v) is 9.64. The standard InChI is InChI=1S/C44H59N11O3/c1-4-7-38(42(57)47-30-56)32-10-12-34(13-11-32)54-28-31(29-54)27-51-18-16-35(17-19-51)52-20-22-53(23-21-52)37-14-15-40(45-26-37)48-44-46-25-33-24-39(43(58)50(2)3)55(41(33)49-44)36-8-5-6-9-36/h10-15,24-26,30-31,35-36,38H,4-9,16-23,27-29H2,1-3H3,(H,47,56,57)(H,45,46,48,49). The summed E-state index contributed by atoms with van der Waals surface area (Å²) < 4.78 is 2.14. The molecule has 58 heavy (non-hydrogen) atoms. The van der Waals surface area contributed by atoms with Gasteiger partial charge in [0.2, 0.25) is 18.3 Å². The molecule has 4 aromatic rings. The van der Waals surface area contributed by atoms with E-state index in [-0.39, 0.29) is 23.8 Å². The number of carbonyl (C=O) groups excluding carboxylic acids is 3. The van der Waals surface area contributed by atoms with Crippen molar-refractivity contribution in [3.8, 4) is 0 Å². The number of hydrogen-bond acceptors (Lipinski definition) is 11. The average molecular weight is 790 g/mol. The molecule has 3 aromatic heterocycles. The molecule has 0 spiro atoms. The highest BCUT2D eigenvalue weighted by Crippen LogP contribution is 2.35. The number of amides is 3. The molecule has 1 saturated carbocycles. The summed E-state index contributed by atoms with van der Waals surface area (Å²) in [6.45, 7) is 11.8. The topological polar surface area (TPSA) is 135 Å². The highest BCUT2D eigenvalue weighted by Gasteiger charge is 2.33. The van der Waals surface area contributed by atoms with E-state index in [1.807, 2.05) is 30.5 Å². The van der Waals surface area contributed by atoms with E-state index < -0.39 is 0 Å². The monoisotopic (exact) mass is 789 g/mol. The molecule has 308 valence electrons. The zero-order chi connectivity index (χ0) is 40.2. The number of rotatable bonds is 14. The number of pyridine rings is 1. The molecule has 1 atom stereocenters. The average Bonchev–Trinajstić information content (AvgIpc) is 3.90. The summed E-state index contributed by atoms with van der Waals surface area (Å²) in [6, 6.07) is 15.3. The molecule has 2 N–H and O–H groups in total. The maximum absolute atomic E-state index is 13.1. The van der Waals surface area contributed by atoms with Gasteiger partial charge in [0.15, 0.2) is 0 Å². The number of fused-ring (bicyclic) bond motifs is 1. The highest BCUT2D eigenvalue weighted by atomic mass is 16.2. The third kappa shape index (κ3) is 8.68. The summed E-state index contributed by atoms with van der Waals surface area (Å²) in [5.41, 5.74) is 4.77. The number of nitrogens with zero attached hydrogens (tertiary/aromatic N) is 9. The van der Waals surface area contributed by atoms with Crippen LogP contribution in [0.4, 0.5) is 23.1 Å². The minimum Gasteiger partial charge on any atom is -0.371 e. The molecule has 1 aliphatic carbocycles. The lowest BCUT2D eigenvalue weighted by Gasteiger charge is -2.46. The van der Waals surface area contributed by atoms with Gasteiger partial charge in [0.1, 0.15) is 17.2 Å². The van der Waals surface area contributed by atoms with Crippen molar-refractivity contribution >= 4 is 52.4 Å². The molecule has 3 aliphatic heterocycles. The molecular weight excluding hydrogens is 731 g/mol. The number of imide groups is 1. The number of aromatic nitrogens is 4. The Morgan fingerprint density at radius 1 is 0.862 bits per heavy atom. The van der Waals surface area contributed by atoms with Gasteiger partial charge in [-0.25, -0.2) is 9.97 Å². The predicted octanol–water partition coefficient (Wildman–Crippen LogP) is 5.27. The van der Waals surface area contributed by atoms with Crippen molar-refractivity contribution in [2.24, 2.45) is 5.92 Å². The zero-order valence-electron chi connectivity index (χ0n) is 34.4.